The first kappa shape index (κ1) is 16.6. The lowest BCUT2D eigenvalue weighted by molar-refractivity contribution is -0.274. The lowest BCUT2D eigenvalue weighted by Gasteiger charge is -2.10. The Hall–Kier alpha value is -2.77. The predicted octanol–water partition coefficient (Wildman–Crippen LogP) is 3.28. The van der Waals surface area contributed by atoms with E-state index >= 15 is 0 Å². The van der Waals surface area contributed by atoms with Gasteiger partial charge in [-0.1, -0.05) is 12.1 Å². The van der Waals surface area contributed by atoms with Crippen LogP contribution in [0.2, 0.25) is 0 Å². The molecule has 0 saturated heterocycles. The quantitative estimate of drug-likeness (QED) is 0.913. The Kier molecular flexibility index (Phi) is 4.73. The molecule has 1 heterocycles. The minimum Gasteiger partial charge on any atom is -0.481 e. The van der Waals surface area contributed by atoms with Crippen LogP contribution < -0.4 is 9.47 Å². The van der Waals surface area contributed by atoms with Crippen molar-refractivity contribution in [2.45, 2.75) is 12.8 Å². The van der Waals surface area contributed by atoms with Crippen molar-refractivity contribution in [2.75, 3.05) is 7.11 Å². The summed E-state index contributed by atoms with van der Waals surface area (Å²) in [4.78, 5) is 14.9. The van der Waals surface area contributed by atoms with Crippen LogP contribution in [0.3, 0.4) is 0 Å². The fourth-order valence-corrected chi connectivity index (χ4v) is 1.98. The summed E-state index contributed by atoms with van der Waals surface area (Å²) in [6.07, 6.45) is -3.58. The molecule has 0 fully saturated rings. The molecule has 0 aliphatic carbocycles. The van der Waals surface area contributed by atoms with Crippen molar-refractivity contribution in [2.24, 2.45) is 0 Å². The minimum atomic E-state index is -4.75. The number of hydrogen-bond acceptors (Lipinski definition) is 4. The predicted molar refractivity (Wildman–Crippen MR) is 74.2 cm³/mol. The highest BCUT2D eigenvalue weighted by molar-refractivity contribution is 5.73. The molecule has 23 heavy (non-hydrogen) atoms. The summed E-state index contributed by atoms with van der Waals surface area (Å²) in [7, 11) is 1.37. The second-order valence-corrected chi connectivity index (χ2v) is 4.54. The Labute approximate surface area is 129 Å². The molecular weight excluding hydrogens is 315 g/mol. The first-order chi connectivity index (χ1) is 10.8. The first-order valence-corrected chi connectivity index (χ1v) is 6.39. The maximum absolute atomic E-state index is 12.1. The second-order valence-electron chi connectivity index (χ2n) is 4.54. The molecule has 0 atom stereocenters. The van der Waals surface area contributed by atoms with Gasteiger partial charge < -0.3 is 14.6 Å². The number of carbonyl (C=O) groups is 1. The van der Waals surface area contributed by atoms with Crippen LogP contribution in [-0.4, -0.2) is 29.5 Å². The average molecular weight is 327 g/mol. The van der Waals surface area contributed by atoms with Gasteiger partial charge in [0.25, 0.3) is 0 Å². The van der Waals surface area contributed by atoms with E-state index in [-0.39, 0.29) is 18.1 Å². The zero-order valence-electron chi connectivity index (χ0n) is 11.9. The Balaban J connectivity index is 2.29. The van der Waals surface area contributed by atoms with Crippen LogP contribution in [0.1, 0.15) is 5.56 Å². The first-order valence-electron chi connectivity index (χ1n) is 6.39. The van der Waals surface area contributed by atoms with E-state index in [0.717, 1.165) is 0 Å². The summed E-state index contributed by atoms with van der Waals surface area (Å²) in [5.74, 6) is -1.20. The number of methoxy groups -OCH3 is 1. The Morgan fingerprint density at radius 3 is 2.39 bits per heavy atom. The number of aromatic nitrogens is 1. The highest BCUT2D eigenvalue weighted by Crippen LogP contribution is 2.28. The van der Waals surface area contributed by atoms with E-state index in [1.54, 1.807) is 6.07 Å². The van der Waals surface area contributed by atoms with E-state index < -0.39 is 12.3 Å². The van der Waals surface area contributed by atoms with Gasteiger partial charge in [0.05, 0.1) is 13.5 Å². The fraction of sp³-hybridized carbons (Fsp3) is 0.200. The molecule has 122 valence electrons. The minimum absolute atomic E-state index is 0.188. The Morgan fingerprint density at radius 2 is 1.87 bits per heavy atom. The standard InChI is InChI=1S/C15H12F3NO4/c1-22-14-10(7-13(20)21)6-11(8-19-14)9-2-4-12(5-3-9)23-15(16,17)18/h2-6,8H,7H2,1H3,(H,20,21). The van der Waals surface area contributed by atoms with E-state index in [4.69, 9.17) is 9.84 Å². The van der Waals surface area contributed by atoms with Crippen LogP contribution >= 0.6 is 0 Å². The van der Waals surface area contributed by atoms with E-state index in [1.807, 2.05) is 0 Å². The van der Waals surface area contributed by atoms with Gasteiger partial charge in [-0.25, -0.2) is 4.98 Å². The fourth-order valence-electron chi connectivity index (χ4n) is 1.98. The molecule has 0 saturated carbocycles. The molecule has 0 amide bonds. The van der Waals surface area contributed by atoms with Crippen LogP contribution in [0.5, 0.6) is 11.6 Å². The number of rotatable bonds is 5. The molecule has 2 rings (SSSR count). The molecule has 0 aliphatic rings. The van der Waals surface area contributed by atoms with Gasteiger partial charge in [0.1, 0.15) is 5.75 Å². The van der Waals surface area contributed by atoms with Crippen molar-refractivity contribution in [1.29, 1.82) is 0 Å². The molecule has 8 heteroatoms. The zero-order chi connectivity index (χ0) is 17.0. The number of pyridine rings is 1. The average Bonchev–Trinajstić information content (AvgIpc) is 2.45. The Morgan fingerprint density at radius 1 is 1.22 bits per heavy atom. The topological polar surface area (TPSA) is 68.7 Å². The third-order valence-corrected chi connectivity index (χ3v) is 2.88. The van der Waals surface area contributed by atoms with Gasteiger partial charge >= 0.3 is 12.3 Å². The monoisotopic (exact) mass is 327 g/mol. The van der Waals surface area contributed by atoms with Crippen molar-refractivity contribution in [3.63, 3.8) is 0 Å². The van der Waals surface area contributed by atoms with Gasteiger partial charge in [0.2, 0.25) is 5.88 Å². The third kappa shape index (κ3) is 4.60. The van der Waals surface area contributed by atoms with Gasteiger partial charge in [-0.3, -0.25) is 4.79 Å². The maximum atomic E-state index is 12.1. The number of ether oxygens (including phenoxy) is 2. The van der Waals surface area contributed by atoms with Gasteiger partial charge in [0.15, 0.2) is 0 Å². The summed E-state index contributed by atoms with van der Waals surface area (Å²) in [6, 6.07) is 6.76. The van der Waals surface area contributed by atoms with Crippen LogP contribution in [0.15, 0.2) is 36.5 Å². The van der Waals surface area contributed by atoms with Gasteiger partial charge in [-0.2, -0.15) is 0 Å². The van der Waals surface area contributed by atoms with Gasteiger partial charge in [0, 0.05) is 17.3 Å². The summed E-state index contributed by atoms with van der Waals surface area (Å²) in [5, 5.41) is 8.89. The van der Waals surface area contributed by atoms with Crippen molar-refractivity contribution in [3.05, 3.63) is 42.1 Å². The largest absolute Gasteiger partial charge is 0.573 e. The molecule has 1 aromatic carbocycles. The molecule has 0 bridgehead atoms. The molecule has 2 aromatic rings. The molecule has 0 aliphatic heterocycles. The number of carboxylic acid groups (broad SMARTS) is 1. The molecule has 0 unspecified atom stereocenters. The van der Waals surface area contributed by atoms with Gasteiger partial charge in [-0.05, 0) is 23.8 Å². The number of carboxylic acids is 1. The van der Waals surface area contributed by atoms with Crippen LogP contribution in [-0.2, 0) is 11.2 Å². The summed E-state index contributed by atoms with van der Waals surface area (Å²) in [5.41, 5.74) is 1.50. The van der Waals surface area contributed by atoms with Crippen LogP contribution in [0.4, 0.5) is 13.2 Å². The molecule has 0 radical (unpaired) electrons. The lowest BCUT2D eigenvalue weighted by Crippen LogP contribution is -2.16. The summed E-state index contributed by atoms with van der Waals surface area (Å²) in [6.45, 7) is 0. The highest BCUT2D eigenvalue weighted by Gasteiger charge is 2.30. The number of alkyl halides is 3. The maximum Gasteiger partial charge on any atom is 0.573 e. The van der Waals surface area contributed by atoms with E-state index in [2.05, 4.69) is 9.72 Å². The number of nitrogens with zero attached hydrogens (tertiary/aromatic N) is 1. The van der Waals surface area contributed by atoms with Crippen molar-refractivity contribution < 1.29 is 32.5 Å². The molecular formula is C15H12F3NO4. The Bertz CT molecular complexity index is 699. The summed E-state index contributed by atoms with van der Waals surface area (Å²) >= 11 is 0. The molecule has 1 N–H and O–H groups in total. The van der Waals surface area contributed by atoms with E-state index in [0.29, 0.717) is 16.7 Å². The number of hydrogen-bond donors (Lipinski definition) is 1. The van der Waals surface area contributed by atoms with E-state index in [1.165, 1.54) is 37.6 Å². The lowest BCUT2D eigenvalue weighted by atomic mass is 10.0. The van der Waals surface area contributed by atoms with E-state index in [9.17, 15) is 18.0 Å². The van der Waals surface area contributed by atoms with Crippen LogP contribution in [0, 0.1) is 0 Å². The molecule has 0 spiro atoms. The van der Waals surface area contributed by atoms with Crippen molar-refractivity contribution in [3.8, 4) is 22.8 Å². The van der Waals surface area contributed by atoms with Crippen LogP contribution in [0.25, 0.3) is 11.1 Å². The third-order valence-electron chi connectivity index (χ3n) is 2.88. The van der Waals surface area contributed by atoms with Gasteiger partial charge in [-0.15, -0.1) is 13.2 Å². The number of aliphatic carboxylic acids is 1. The molecule has 1 aromatic heterocycles. The summed E-state index contributed by atoms with van der Waals surface area (Å²) < 4.78 is 45.1. The highest BCUT2D eigenvalue weighted by atomic mass is 19.4. The number of halogens is 3. The van der Waals surface area contributed by atoms with Crippen molar-refractivity contribution in [1.82, 2.24) is 4.98 Å². The number of benzene rings is 1. The second kappa shape index (κ2) is 6.55. The van der Waals surface area contributed by atoms with Crippen molar-refractivity contribution >= 4 is 5.97 Å². The normalized spacial score (nSPS) is 11.1. The molecule has 5 nitrogen and oxygen atoms in total. The SMILES string of the molecule is COc1ncc(-c2ccc(OC(F)(F)F)cc2)cc1CC(=O)O. The smallest absolute Gasteiger partial charge is 0.481 e. The zero-order valence-corrected chi connectivity index (χ0v) is 11.9.